The average molecular weight is 337 g/mol. The van der Waals surface area contributed by atoms with Gasteiger partial charge < -0.3 is 4.74 Å². The molecule has 0 N–H and O–H groups in total. The SMILES string of the molecule is COc1ccccc1CC(=O)Cc1ccc(F)cc1Br. The summed E-state index contributed by atoms with van der Waals surface area (Å²) < 4.78 is 18.8. The van der Waals surface area contributed by atoms with E-state index in [9.17, 15) is 9.18 Å². The molecule has 2 rings (SSSR count). The minimum atomic E-state index is -0.321. The van der Waals surface area contributed by atoms with Crippen LogP contribution in [0, 0.1) is 5.82 Å². The van der Waals surface area contributed by atoms with Gasteiger partial charge in [-0.1, -0.05) is 40.2 Å². The predicted octanol–water partition coefficient (Wildman–Crippen LogP) is 3.95. The Hall–Kier alpha value is -1.68. The molecular weight excluding hydrogens is 323 g/mol. The Balaban J connectivity index is 2.09. The van der Waals surface area contributed by atoms with Crippen LogP contribution in [-0.4, -0.2) is 12.9 Å². The highest BCUT2D eigenvalue weighted by molar-refractivity contribution is 9.10. The molecule has 0 atom stereocenters. The van der Waals surface area contributed by atoms with Gasteiger partial charge in [-0.2, -0.15) is 0 Å². The topological polar surface area (TPSA) is 26.3 Å². The first-order valence-corrected chi connectivity index (χ1v) is 6.97. The molecule has 0 heterocycles. The van der Waals surface area contributed by atoms with Crippen molar-refractivity contribution in [3.63, 3.8) is 0 Å². The van der Waals surface area contributed by atoms with E-state index in [-0.39, 0.29) is 18.0 Å². The molecule has 0 amide bonds. The second-order valence-corrected chi connectivity index (χ2v) is 5.29. The largest absolute Gasteiger partial charge is 0.496 e. The number of Topliss-reactive ketones (excluding diaryl/α,β-unsaturated/α-hetero) is 1. The van der Waals surface area contributed by atoms with E-state index in [0.717, 1.165) is 11.1 Å². The Bertz CT molecular complexity index is 626. The van der Waals surface area contributed by atoms with Gasteiger partial charge in [0.25, 0.3) is 0 Å². The van der Waals surface area contributed by atoms with Crippen LogP contribution in [-0.2, 0) is 17.6 Å². The lowest BCUT2D eigenvalue weighted by Crippen LogP contribution is -2.08. The third-order valence-electron chi connectivity index (χ3n) is 2.98. The molecule has 0 radical (unpaired) electrons. The number of ketones is 1. The lowest BCUT2D eigenvalue weighted by atomic mass is 10.0. The first-order chi connectivity index (χ1) is 9.60. The summed E-state index contributed by atoms with van der Waals surface area (Å²) in [5.41, 5.74) is 1.64. The highest BCUT2D eigenvalue weighted by Crippen LogP contribution is 2.21. The molecule has 0 aliphatic carbocycles. The zero-order chi connectivity index (χ0) is 14.5. The maximum atomic E-state index is 13.0. The van der Waals surface area contributed by atoms with Crippen molar-refractivity contribution >= 4 is 21.7 Å². The van der Waals surface area contributed by atoms with Crippen LogP contribution in [0.5, 0.6) is 5.75 Å². The molecular formula is C16H14BrFO2. The molecule has 0 fully saturated rings. The molecule has 2 aromatic rings. The van der Waals surface area contributed by atoms with Crippen LogP contribution in [0.2, 0.25) is 0 Å². The second-order valence-electron chi connectivity index (χ2n) is 4.44. The monoisotopic (exact) mass is 336 g/mol. The summed E-state index contributed by atoms with van der Waals surface area (Å²) in [6.07, 6.45) is 0.562. The molecule has 2 nitrogen and oxygen atoms in total. The number of rotatable bonds is 5. The summed E-state index contributed by atoms with van der Waals surface area (Å²) in [6.45, 7) is 0. The number of halogens is 2. The van der Waals surface area contributed by atoms with E-state index in [1.807, 2.05) is 24.3 Å². The van der Waals surface area contributed by atoms with Gasteiger partial charge >= 0.3 is 0 Å². The highest BCUT2D eigenvalue weighted by Gasteiger charge is 2.11. The minimum Gasteiger partial charge on any atom is -0.496 e. The average Bonchev–Trinajstić information content (AvgIpc) is 2.42. The highest BCUT2D eigenvalue weighted by atomic mass is 79.9. The lowest BCUT2D eigenvalue weighted by molar-refractivity contribution is -0.117. The van der Waals surface area contributed by atoms with Crippen molar-refractivity contribution in [2.24, 2.45) is 0 Å². The number of ether oxygens (including phenoxy) is 1. The molecule has 4 heteroatoms. The van der Waals surface area contributed by atoms with Gasteiger partial charge in [-0.25, -0.2) is 4.39 Å². The molecule has 0 unspecified atom stereocenters. The van der Waals surface area contributed by atoms with E-state index in [0.29, 0.717) is 16.6 Å². The summed E-state index contributed by atoms with van der Waals surface area (Å²) in [5, 5.41) is 0. The fourth-order valence-corrected chi connectivity index (χ4v) is 2.49. The zero-order valence-electron chi connectivity index (χ0n) is 11.0. The first-order valence-electron chi connectivity index (χ1n) is 6.17. The van der Waals surface area contributed by atoms with Gasteiger partial charge in [0, 0.05) is 22.9 Å². The Morgan fingerprint density at radius 2 is 1.85 bits per heavy atom. The van der Waals surface area contributed by atoms with E-state index in [1.165, 1.54) is 12.1 Å². The minimum absolute atomic E-state index is 0.0572. The fraction of sp³-hybridized carbons (Fsp3) is 0.188. The van der Waals surface area contributed by atoms with E-state index in [2.05, 4.69) is 15.9 Å². The lowest BCUT2D eigenvalue weighted by Gasteiger charge is -2.08. The van der Waals surface area contributed by atoms with Gasteiger partial charge in [0.05, 0.1) is 7.11 Å². The van der Waals surface area contributed by atoms with Crippen LogP contribution in [0.4, 0.5) is 4.39 Å². The maximum absolute atomic E-state index is 13.0. The second kappa shape index (κ2) is 6.66. The Labute approximate surface area is 125 Å². The molecule has 0 aliphatic heterocycles. The van der Waals surface area contributed by atoms with Gasteiger partial charge in [0.15, 0.2) is 0 Å². The summed E-state index contributed by atoms with van der Waals surface area (Å²) in [4.78, 5) is 12.1. The maximum Gasteiger partial charge on any atom is 0.141 e. The number of para-hydroxylation sites is 1. The van der Waals surface area contributed by atoms with Crippen LogP contribution >= 0.6 is 15.9 Å². The summed E-state index contributed by atoms with van der Waals surface area (Å²) in [5.74, 6) is 0.443. The van der Waals surface area contributed by atoms with Crippen molar-refractivity contribution in [2.75, 3.05) is 7.11 Å². The molecule has 104 valence electrons. The third-order valence-corrected chi connectivity index (χ3v) is 3.72. The van der Waals surface area contributed by atoms with Crippen molar-refractivity contribution in [3.8, 4) is 5.75 Å². The van der Waals surface area contributed by atoms with Crippen molar-refractivity contribution in [2.45, 2.75) is 12.8 Å². The number of carbonyl (C=O) groups is 1. The van der Waals surface area contributed by atoms with E-state index < -0.39 is 0 Å². The van der Waals surface area contributed by atoms with E-state index in [1.54, 1.807) is 13.2 Å². The Morgan fingerprint density at radius 1 is 1.15 bits per heavy atom. The summed E-state index contributed by atoms with van der Waals surface area (Å²) in [7, 11) is 1.58. The number of carbonyl (C=O) groups excluding carboxylic acids is 1. The van der Waals surface area contributed by atoms with Gasteiger partial charge in [-0.15, -0.1) is 0 Å². The number of benzene rings is 2. The molecule has 0 aliphatic rings. The summed E-state index contributed by atoms with van der Waals surface area (Å²) >= 11 is 3.27. The van der Waals surface area contributed by atoms with Gasteiger partial charge in [0.1, 0.15) is 17.3 Å². The zero-order valence-corrected chi connectivity index (χ0v) is 12.6. The van der Waals surface area contributed by atoms with Gasteiger partial charge in [-0.05, 0) is 23.8 Å². The number of methoxy groups -OCH3 is 1. The van der Waals surface area contributed by atoms with Crippen LogP contribution in [0.25, 0.3) is 0 Å². The van der Waals surface area contributed by atoms with Crippen LogP contribution < -0.4 is 4.74 Å². The number of hydrogen-bond acceptors (Lipinski definition) is 2. The molecule has 0 aromatic heterocycles. The quantitative estimate of drug-likeness (QED) is 0.826. The van der Waals surface area contributed by atoms with Crippen LogP contribution in [0.3, 0.4) is 0 Å². The molecule has 0 spiro atoms. The molecule has 0 bridgehead atoms. The predicted molar refractivity (Wildman–Crippen MR) is 79.5 cm³/mol. The third kappa shape index (κ3) is 3.67. The molecule has 20 heavy (non-hydrogen) atoms. The smallest absolute Gasteiger partial charge is 0.141 e. The van der Waals surface area contributed by atoms with Crippen molar-refractivity contribution in [1.29, 1.82) is 0 Å². The van der Waals surface area contributed by atoms with E-state index in [4.69, 9.17) is 4.74 Å². The van der Waals surface area contributed by atoms with Crippen LogP contribution in [0.15, 0.2) is 46.9 Å². The summed E-state index contributed by atoms with van der Waals surface area (Å²) in [6, 6.07) is 11.8. The van der Waals surface area contributed by atoms with Crippen molar-refractivity contribution < 1.29 is 13.9 Å². The van der Waals surface area contributed by atoms with Crippen molar-refractivity contribution in [3.05, 3.63) is 63.9 Å². The Kier molecular flexibility index (Phi) is 4.90. The van der Waals surface area contributed by atoms with Crippen molar-refractivity contribution in [1.82, 2.24) is 0 Å². The Morgan fingerprint density at radius 3 is 2.55 bits per heavy atom. The van der Waals surface area contributed by atoms with E-state index >= 15 is 0 Å². The number of hydrogen-bond donors (Lipinski definition) is 0. The molecule has 0 saturated carbocycles. The molecule has 0 saturated heterocycles. The first kappa shape index (κ1) is 14.7. The standard InChI is InChI=1S/C16H14BrFO2/c1-20-16-5-3-2-4-12(16)9-14(19)8-11-6-7-13(18)10-15(11)17/h2-7,10H,8-9H2,1H3. The normalized spacial score (nSPS) is 10.3. The van der Waals surface area contributed by atoms with Crippen LogP contribution in [0.1, 0.15) is 11.1 Å². The van der Waals surface area contributed by atoms with Gasteiger partial charge in [0.2, 0.25) is 0 Å². The molecule has 2 aromatic carbocycles. The fourth-order valence-electron chi connectivity index (χ4n) is 2.00. The van der Waals surface area contributed by atoms with Gasteiger partial charge in [-0.3, -0.25) is 4.79 Å².